The lowest BCUT2D eigenvalue weighted by Gasteiger charge is -2.21. The molecule has 0 saturated carbocycles. The van der Waals surface area contributed by atoms with Crippen LogP contribution in [-0.4, -0.2) is 35.5 Å². The number of hydrogen-bond donors (Lipinski definition) is 1. The largest absolute Gasteiger partial charge is 0.375 e. The fourth-order valence-electron chi connectivity index (χ4n) is 4.00. The maximum absolute atomic E-state index is 11.4. The van der Waals surface area contributed by atoms with Gasteiger partial charge in [-0.2, -0.15) is 10.2 Å². The van der Waals surface area contributed by atoms with E-state index >= 15 is 0 Å². The number of hydrogen-bond acceptors (Lipinski definition) is 6. The lowest BCUT2D eigenvalue weighted by molar-refractivity contribution is -0.384. The number of non-ortho nitro benzene ring substituents is 1. The van der Waals surface area contributed by atoms with Crippen molar-refractivity contribution in [3.8, 4) is 16.9 Å². The first-order chi connectivity index (χ1) is 16.5. The Hall–Kier alpha value is -4.44. The average molecular weight is 470 g/mol. The van der Waals surface area contributed by atoms with Gasteiger partial charge < -0.3 is 5.73 Å². The Labute approximate surface area is 200 Å². The van der Waals surface area contributed by atoms with Gasteiger partial charge in [-0.1, -0.05) is 36.4 Å². The van der Waals surface area contributed by atoms with E-state index < -0.39 is 4.92 Å². The second-order valence-corrected chi connectivity index (χ2v) is 8.13. The van der Waals surface area contributed by atoms with Crippen molar-refractivity contribution >= 4 is 28.7 Å². The number of aromatic nitrogens is 3. The molecule has 2 N–H and O–H groups in total. The third kappa shape index (κ3) is 4.02. The average Bonchev–Trinajstić information content (AvgIpc) is 3.50. The summed E-state index contributed by atoms with van der Waals surface area (Å²) in [5.41, 5.74) is 10.6. The summed E-state index contributed by atoms with van der Waals surface area (Å²) < 4.78 is 1.75. The summed E-state index contributed by atoms with van der Waals surface area (Å²) in [5.74, 6) is 0. The number of nitrogens with zero attached hydrogens (tertiary/aromatic N) is 6. The Bertz CT molecular complexity index is 1400. The Morgan fingerprint density at radius 3 is 2.59 bits per heavy atom. The standard InChI is InChI=1S/C24H19N7O2S/c25-24(34)30-22(13-21(27-30)17-7-5-11-26-14-17)20-15-29(18-8-2-1-3-9-18)28-23(20)16-6-4-10-19(12-16)31(32)33/h1-12,14-15,22H,13H2,(H2,25,34). The predicted molar refractivity (Wildman–Crippen MR) is 132 cm³/mol. The van der Waals surface area contributed by atoms with Crippen molar-refractivity contribution in [3.05, 3.63) is 107 Å². The highest BCUT2D eigenvalue weighted by Crippen LogP contribution is 2.38. The monoisotopic (exact) mass is 469 g/mol. The third-order valence-corrected chi connectivity index (χ3v) is 5.77. The van der Waals surface area contributed by atoms with E-state index in [-0.39, 0.29) is 16.8 Å². The van der Waals surface area contributed by atoms with Crippen LogP contribution in [-0.2, 0) is 0 Å². The van der Waals surface area contributed by atoms with E-state index in [1.807, 2.05) is 48.7 Å². The third-order valence-electron chi connectivity index (χ3n) is 5.58. The van der Waals surface area contributed by atoms with Gasteiger partial charge in [0.15, 0.2) is 5.11 Å². The van der Waals surface area contributed by atoms with Crippen LogP contribution in [0.15, 0.2) is 90.4 Å². The summed E-state index contributed by atoms with van der Waals surface area (Å²) in [5, 5.41) is 22.6. The normalized spacial score (nSPS) is 15.2. The molecule has 1 atom stereocenters. The minimum Gasteiger partial charge on any atom is -0.375 e. The SMILES string of the molecule is NC(=S)N1N=C(c2cccnc2)CC1c1cn(-c2ccccc2)nc1-c1cccc([N+](=O)[O-])c1. The quantitative estimate of drug-likeness (QED) is 0.264. The Morgan fingerprint density at radius 1 is 1.09 bits per heavy atom. The summed E-state index contributed by atoms with van der Waals surface area (Å²) in [6.07, 6.45) is 5.87. The maximum Gasteiger partial charge on any atom is 0.270 e. The molecule has 0 aliphatic carbocycles. The lowest BCUT2D eigenvalue weighted by Crippen LogP contribution is -2.31. The second-order valence-electron chi connectivity index (χ2n) is 7.71. The van der Waals surface area contributed by atoms with Crippen LogP contribution in [0.1, 0.15) is 23.6 Å². The van der Waals surface area contributed by atoms with E-state index in [1.165, 1.54) is 12.1 Å². The minimum atomic E-state index is -0.419. The van der Waals surface area contributed by atoms with Gasteiger partial charge in [-0.3, -0.25) is 15.1 Å². The summed E-state index contributed by atoms with van der Waals surface area (Å²) in [6, 6.07) is 19.5. The molecule has 9 nitrogen and oxygen atoms in total. The zero-order valence-corrected chi connectivity index (χ0v) is 18.7. The molecule has 1 unspecified atom stereocenters. The Kier molecular flexibility index (Phi) is 5.56. The molecule has 4 aromatic rings. The molecule has 0 fully saturated rings. The van der Waals surface area contributed by atoms with Crippen molar-refractivity contribution < 1.29 is 4.92 Å². The molecule has 168 valence electrons. The highest BCUT2D eigenvalue weighted by atomic mass is 32.1. The summed E-state index contributed by atoms with van der Waals surface area (Å²) in [7, 11) is 0. The van der Waals surface area contributed by atoms with Crippen LogP contribution in [0.25, 0.3) is 16.9 Å². The number of thiocarbonyl (C=S) groups is 1. The van der Waals surface area contributed by atoms with Crippen LogP contribution in [0.3, 0.4) is 0 Å². The summed E-state index contributed by atoms with van der Waals surface area (Å²) >= 11 is 5.31. The summed E-state index contributed by atoms with van der Waals surface area (Å²) in [6.45, 7) is 0. The number of rotatable bonds is 5. The number of hydrazone groups is 1. The van der Waals surface area contributed by atoms with Crippen molar-refractivity contribution in [1.29, 1.82) is 0 Å². The Morgan fingerprint density at radius 2 is 1.88 bits per heavy atom. The van der Waals surface area contributed by atoms with Crippen molar-refractivity contribution in [1.82, 2.24) is 19.8 Å². The van der Waals surface area contributed by atoms with Crippen molar-refractivity contribution in [2.24, 2.45) is 10.8 Å². The van der Waals surface area contributed by atoms with Gasteiger partial charge in [0.1, 0.15) is 0 Å². The number of pyridine rings is 1. The molecule has 1 aliphatic heterocycles. The smallest absolute Gasteiger partial charge is 0.270 e. The fourth-order valence-corrected chi connectivity index (χ4v) is 4.17. The van der Waals surface area contributed by atoms with E-state index in [1.54, 1.807) is 34.2 Å². The molecule has 34 heavy (non-hydrogen) atoms. The second kappa shape index (κ2) is 8.83. The molecule has 0 bridgehead atoms. The predicted octanol–water partition coefficient (Wildman–Crippen LogP) is 4.24. The van der Waals surface area contributed by atoms with Crippen LogP contribution in [0.5, 0.6) is 0 Å². The van der Waals surface area contributed by atoms with Gasteiger partial charge in [0.05, 0.1) is 28.1 Å². The van der Waals surface area contributed by atoms with E-state index in [2.05, 4.69) is 10.1 Å². The number of nitro groups is 1. The molecule has 2 aromatic carbocycles. The topological polar surface area (TPSA) is 115 Å². The zero-order valence-electron chi connectivity index (χ0n) is 17.9. The molecule has 5 rings (SSSR count). The van der Waals surface area contributed by atoms with Gasteiger partial charge in [-0.15, -0.1) is 0 Å². The number of para-hydroxylation sites is 1. The van der Waals surface area contributed by atoms with Crippen LogP contribution < -0.4 is 5.73 Å². The van der Waals surface area contributed by atoms with Gasteiger partial charge in [0.25, 0.3) is 5.69 Å². The Balaban J connectivity index is 1.64. The molecule has 0 saturated heterocycles. The fraction of sp³-hybridized carbons (Fsp3) is 0.0833. The lowest BCUT2D eigenvalue weighted by atomic mass is 9.97. The van der Waals surface area contributed by atoms with Gasteiger partial charge >= 0.3 is 0 Å². The first-order valence-electron chi connectivity index (χ1n) is 10.5. The molecule has 10 heteroatoms. The van der Waals surface area contributed by atoms with Crippen LogP contribution in [0.2, 0.25) is 0 Å². The van der Waals surface area contributed by atoms with Gasteiger partial charge in [-0.05, 0) is 30.4 Å². The molecule has 0 radical (unpaired) electrons. The first-order valence-corrected chi connectivity index (χ1v) is 10.9. The van der Waals surface area contributed by atoms with Crippen molar-refractivity contribution in [2.45, 2.75) is 12.5 Å². The molecule has 0 spiro atoms. The van der Waals surface area contributed by atoms with Gasteiger partial charge in [-0.25, -0.2) is 9.69 Å². The number of nitrogens with two attached hydrogens (primary N) is 1. The van der Waals surface area contributed by atoms with Gasteiger partial charge in [0, 0.05) is 53.8 Å². The maximum atomic E-state index is 11.4. The zero-order chi connectivity index (χ0) is 23.7. The number of benzene rings is 2. The molecule has 2 aromatic heterocycles. The van der Waals surface area contributed by atoms with Crippen LogP contribution in [0, 0.1) is 10.1 Å². The van der Waals surface area contributed by atoms with E-state index in [4.69, 9.17) is 23.1 Å². The summed E-state index contributed by atoms with van der Waals surface area (Å²) in [4.78, 5) is 15.2. The highest BCUT2D eigenvalue weighted by Gasteiger charge is 2.34. The molecule has 1 aliphatic rings. The molecular weight excluding hydrogens is 450 g/mol. The van der Waals surface area contributed by atoms with Crippen LogP contribution in [0.4, 0.5) is 5.69 Å². The molecule has 0 amide bonds. The number of nitro benzene ring substituents is 1. The minimum absolute atomic E-state index is 0.0115. The van der Waals surface area contributed by atoms with E-state index in [9.17, 15) is 10.1 Å². The highest BCUT2D eigenvalue weighted by molar-refractivity contribution is 7.80. The van der Waals surface area contributed by atoms with E-state index in [0.29, 0.717) is 17.7 Å². The van der Waals surface area contributed by atoms with Crippen molar-refractivity contribution in [2.75, 3.05) is 0 Å². The molecule has 3 heterocycles. The molecular formula is C24H19N7O2S. The van der Waals surface area contributed by atoms with Crippen molar-refractivity contribution in [3.63, 3.8) is 0 Å². The van der Waals surface area contributed by atoms with E-state index in [0.717, 1.165) is 22.5 Å². The van der Waals surface area contributed by atoms with Gasteiger partial charge in [0.2, 0.25) is 0 Å². The van der Waals surface area contributed by atoms with Crippen LogP contribution >= 0.6 is 12.2 Å². The first kappa shape index (κ1) is 21.4.